The Hall–Kier alpha value is -1.10. The summed E-state index contributed by atoms with van der Waals surface area (Å²) in [7, 11) is 1.60. The van der Waals surface area contributed by atoms with Crippen molar-refractivity contribution >= 4 is 11.9 Å². The molecule has 19 heavy (non-hydrogen) atoms. The van der Waals surface area contributed by atoms with Gasteiger partial charge in [0.2, 0.25) is 0 Å². The lowest BCUT2D eigenvalue weighted by atomic mass is 9.85. The molecule has 5 nitrogen and oxygen atoms in total. The van der Waals surface area contributed by atoms with Crippen molar-refractivity contribution in [2.45, 2.75) is 51.6 Å². The van der Waals surface area contributed by atoms with E-state index >= 15 is 0 Å². The SMILES string of the molecule is CC[C@H](C)N1CCC2(CC1)C(=O)N(C)C(=O)N2CC. The van der Waals surface area contributed by atoms with E-state index in [-0.39, 0.29) is 11.9 Å². The normalized spacial score (nSPS) is 25.5. The predicted octanol–water partition coefficient (Wildman–Crippen LogP) is 1.53. The van der Waals surface area contributed by atoms with E-state index in [2.05, 4.69) is 18.7 Å². The maximum Gasteiger partial charge on any atom is 0.327 e. The molecule has 0 saturated carbocycles. The number of amides is 3. The third-order valence-corrected chi connectivity index (χ3v) is 4.89. The molecule has 3 amide bonds. The number of rotatable bonds is 3. The summed E-state index contributed by atoms with van der Waals surface area (Å²) in [5, 5.41) is 0. The van der Waals surface area contributed by atoms with Gasteiger partial charge in [-0.1, -0.05) is 6.92 Å². The molecule has 0 unspecified atom stereocenters. The molecule has 2 heterocycles. The zero-order valence-electron chi connectivity index (χ0n) is 12.5. The molecule has 1 atom stereocenters. The van der Waals surface area contributed by atoms with Crippen LogP contribution in [0.5, 0.6) is 0 Å². The fourth-order valence-corrected chi connectivity index (χ4v) is 3.39. The second-order valence-electron chi connectivity index (χ2n) is 5.72. The van der Waals surface area contributed by atoms with Crippen molar-refractivity contribution in [3.8, 4) is 0 Å². The van der Waals surface area contributed by atoms with Gasteiger partial charge in [0.15, 0.2) is 0 Å². The van der Waals surface area contributed by atoms with E-state index in [9.17, 15) is 9.59 Å². The van der Waals surface area contributed by atoms with Crippen LogP contribution in [-0.4, -0.2) is 64.9 Å². The Balaban J connectivity index is 2.16. The number of hydrogen-bond donors (Lipinski definition) is 0. The third-order valence-electron chi connectivity index (χ3n) is 4.89. The fraction of sp³-hybridized carbons (Fsp3) is 0.857. The van der Waals surface area contributed by atoms with Gasteiger partial charge in [0.1, 0.15) is 5.54 Å². The van der Waals surface area contributed by atoms with E-state index in [1.54, 1.807) is 11.9 Å². The minimum atomic E-state index is -0.565. The van der Waals surface area contributed by atoms with Crippen LogP contribution in [0.15, 0.2) is 0 Å². The molecule has 5 heteroatoms. The number of likely N-dealkylation sites (tertiary alicyclic amines) is 1. The monoisotopic (exact) mass is 267 g/mol. The topological polar surface area (TPSA) is 43.9 Å². The van der Waals surface area contributed by atoms with Gasteiger partial charge < -0.3 is 9.80 Å². The first-order valence-corrected chi connectivity index (χ1v) is 7.31. The lowest BCUT2D eigenvalue weighted by Crippen LogP contribution is -2.57. The van der Waals surface area contributed by atoms with Gasteiger partial charge in [0, 0.05) is 32.7 Å². The maximum atomic E-state index is 12.5. The van der Waals surface area contributed by atoms with E-state index < -0.39 is 5.54 Å². The summed E-state index contributed by atoms with van der Waals surface area (Å²) in [6.45, 7) is 8.77. The first-order chi connectivity index (χ1) is 8.97. The molecule has 0 bridgehead atoms. The largest absolute Gasteiger partial charge is 0.327 e. The molecule has 2 fully saturated rings. The highest BCUT2D eigenvalue weighted by Gasteiger charge is 2.56. The molecule has 0 radical (unpaired) electrons. The number of piperidine rings is 1. The highest BCUT2D eigenvalue weighted by Crippen LogP contribution is 2.36. The standard InChI is InChI=1S/C14H25N3O2/c1-5-11(3)16-9-7-14(8-10-16)12(18)15(4)13(19)17(14)6-2/h11H,5-10H2,1-4H3/t11-/m0/s1. The number of nitrogens with zero attached hydrogens (tertiary/aromatic N) is 3. The molecule has 1 spiro atoms. The first-order valence-electron chi connectivity index (χ1n) is 7.31. The van der Waals surface area contributed by atoms with E-state index in [1.165, 1.54) is 4.90 Å². The minimum Gasteiger partial charge on any atom is -0.310 e. The number of urea groups is 1. The van der Waals surface area contributed by atoms with E-state index in [4.69, 9.17) is 0 Å². The van der Waals surface area contributed by atoms with Gasteiger partial charge in [0.25, 0.3) is 5.91 Å². The summed E-state index contributed by atoms with van der Waals surface area (Å²) in [5.74, 6) is -0.0110. The quantitative estimate of drug-likeness (QED) is 0.728. The predicted molar refractivity (Wildman–Crippen MR) is 73.8 cm³/mol. The van der Waals surface area contributed by atoms with Crippen LogP contribution in [0.1, 0.15) is 40.0 Å². The number of hydrogen-bond acceptors (Lipinski definition) is 3. The average Bonchev–Trinajstić information content (AvgIpc) is 2.61. The summed E-state index contributed by atoms with van der Waals surface area (Å²) in [5.41, 5.74) is -0.565. The molecule has 0 aliphatic carbocycles. The van der Waals surface area contributed by atoms with Gasteiger partial charge in [-0.3, -0.25) is 9.69 Å². The molecule has 108 valence electrons. The van der Waals surface area contributed by atoms with Gasteiger partial charge in [-0.25, -0.2) is 4.79 Å². The van der Waals surface area contributed by atoms with Crippen molar-refractivity contribution in [3.05, 3.63) is 0 Å². The molecule has 2 rings (SSSR count). The lowest BCUT2D eigenvalue weighted by molar-refractivity contribution is -0.135. The number of carbonyl (C=O) groups is 2. The summed E-state index contributed by atoms with van der Waals surface area (Å²) in [6.07, 6.45) is 2.65. The van der Waals surface area contributed by atoms with E-state index in [0.29, 0.717) is 12.6 Å². The number of likely N-dealkylation sites (N-methyl/N-ethyl adjacent to an activating group) is 2. The van der Waals surface area contributed by atoms with Crippen molar-refractivity contribution in [1.82, 2.24) is 14.7 Å². The highest BCUT2D eigenvalue weighted by atomic mass is 16.2. The zero-order chi connectivity index (χ0) is 14.2. The second kappa shape index (κ2) is 5.12. The van der Waals surface area contributed by atoms with Crippen LogP contribution in [0.3, 0.4) is 0 Å². The number of imide groups is 1. The van der Waals surface area contributed by atoms with Gasteiger partial charge in [-0.2, -0.15) is 0 Å². The molecule has 2 saturated heterocycles. The summed E-state index contributed by atoms with van der Waals surface area (Å²) < 4.78 is 0. The first kappa shape index (κ1) is 14.3. The van der Waals surface area contributed by atoms with Crippen LogP contribution in [0.25, 0.3) is 0 Å². The lowest BCUT2D eigenvalue weighted by Gasteiger charge is -2.43. The Labute approximate surface area is 115 Å². The van der Waals surface area contributed by atoms with Crippen LogP contribution in [0.2, 0.25) is 0 Å². The smallest absolute Gasteiger partial charge is 0.310 e. The summed E-state index contributed by atoms with van der Waals surface area (Å²) in [6, 6.07) is 0.418. The van der Waals surface area contributed by atoms with Crippen molar-refractivity contribution in [3.63, 3.8) is 0 Å². The Morgan fingerprint density at radius 1 is 1.21 bits per heavy atom. The minimum absolute atomic E-state index is 0.0110. The summed E-state index contributed by atoms with van der Waals surface area (Å²) >= 11 is 0. The van der Waals surface area contributed by atoms with Crippen LogP contribution in [0, 0.1) is 0 Å². The molecule has 0 aromatic rings. The maximum absolute atomic E-state index is 12.5. The third kappa shape index (κ3) is 2.04. The molecule has 0 aromatic carbocycles. The van der Waals surface area contributed by atoms with Crippen molar-refractivity contribution in [1.29, 1.82) is 0 Å². The number of carbonyl (C=O) groups excluding carboxylic acids is 2. The fourth-order valence-electron chi connectivity index (χ4n) is 3.39. The molecule has 2 aliphatic heterocycles. The summed E-state index contributed by atoms with van der Waals surface area (Å²) in [4.78, 5) is 30.0. The van der Waals surface area contributed by atoms with Crippen LogP contribution < -0.4 is 0 Å². The Morgan fingerprint density at radius 2 is 1.79 bits per heavy atom. The van der Waals surface area contributed by atoms with Crippen molar-refractivity contribution in [2.24, 2.45) is 0 Å². The molecule has 0 N–H and O–H groups in total. The van der Waals surface area contributed by atoms with Gasteiger partial charge in [0.05, 0.1) is 0 Å². The van der Waals surface area contributed by atoms with Crippen molar-refractivity contribution in [2.75, 3.05) is 26.7 Å². The van der Waals surface area contributed by atoms with E-state index in [0.717, 1.165) is 32.4 Å². The molecular weight excluding hydrogens is 242 g/mol. The Bertz CT molecular complexity index is 375. The van der Waals surface area contributed by atoms with Crippen LogP contribution in [-0.2, 0) is 4.79 Å². The molecule has 0 aromatic heterocycles. The zero-order valence-corrected chi connectivity index (χ0v) is 12.5. The van der Waals surface area contributed by atoms with Crippen molar-refractivity contribution < 1.29 is 9.59 Å². The molecular formula is C14H25N3O2. The highest BCUT2D eigenvalue weighted by molar-refractivity contribution is 6.06. The van der Waals surface area contributed by atoms with Gasteiger partial charge >= 0.3 is 6.03 Å². The molecule has 2 aliphatic rings. The van der Waals surface area contributed by atoms with Gasteiger partial charge in [-0.15, -0.1) is 0 Å². The van der Waals surface area contributed by atoms with Gasteiger partial charge in [-0.05, 0) is 33.1 Å². The average molecular weight is 267 g/mol. The van der Waals surface area contributed by atoms with E-state index in [1.807, 2.05) is 6.92 Å². The van der Waals surface area contributed by atoms with Crippen LogP contribution in [0.4, 0.5) is 4.79 Å². The van der Waals surface area contributed by atoms with Crippen LogP contribution >= 0.6 is 0 Å². The second-order valence-corrected chi connectivity index (χ2v) is 5.72. The Kier molecular flexibility index (Phi) is 3.85. The Morgan fingerprint density at radius 3 is 2.26 bits per heavy atom.